The zero-order chi connectivity index (χ0) is 25.0. The van der Waals surface area contributed by atoms with Gasteiger partial charge in [-0.1, -0.05) is 11.6 Å². The second-order valence-electron chi connectivity index (χ2n) is 10.2. The largest absolute Gasteiger partial charge is 0.380 e. The molecule has 0 atom stereocenters. The zero-order valence-corrected chi connectivity index (χ0v) is 20.2. The number of primary amides is 1. The molecule has 0 bridgehead atoms. The normalized spacial score (nSPS) is 23.3. The number of carbonyl (C=O) groups is 1. The fourth-order valence-corrected chi connectivity index (χ4v) is 5.92. The number of imidazole rings is 1. The molecule has 1 spiro atoms. The summed E-state index contributed by atoms with van der Waals surface area (Å²) in [6.45, 7) is 1.62. The number of hydrogen-bond donors (Lipinski definition) is 3. The summed E-state index contributed by atoms with van der Waals surface area (Å²) in [5.74, 6) is -1.26. The lowest BCUT2D eigenvalue weighted by Crippen LogP contribution is -2.56. The molecule has 1 amide bonds. The molecule has 3 aliphatic rings. The lowest BCUT2D eigenvalue weighted by Gasteiger charge is -2.53. The van der Waals surface area contributed by atoms with E-state index in [0.717, 1.165) is 38.2 Å². The minimum absolute atomic E-state index is 0.0581. The van der Waals surface area contributed by atoms with Crippen molar-refractivity contribution in [3.8, 4) is 0 Å². The Morgan fingerprint density at radius 2 is 1.92 bits per heavy atom. The molecule has 2 saturated carbocycles. The molecule has 4 N–H and O–H groups in total. The van der Waals surface area contributed by atoms with Crippen LogP contribution in [-0.2, 0) is 9.53 Å². The van der Waals surface area contributed by atoms with E-state index < -0.39 is 11.6 Å². The van der Waals surface area contributed by atoms with Crippen LogP contribution in [0.3, 0.4) is 0 Å². The number of amides is 1. The Labute approximate surface area is 210 Å². The maximum atomic E-state index is 14.6. The van der Waals surface area contributed by atoms with Crippen molar-refractivity contribution in [3.63, 3.8) is 0 Å². The van der Waals surface area contributed by atoms with Gasteiger partial charge >= 0.3 is 0 Å². The fourth-order valence-electron chi connectivity index (χ4n) is 5.68. The summed E-state index contributed by atoms with van der Waals surface area (Å²) in [6, 6.07) is 2.02. The molecule has 1 saturated heterocycles. The van der Waals surface area contributed by atoms with Gasteiger partial charge in [-0.15, -0.1) is 0 Å². The second-order valence-corrected chi connectivity index (χ2v) is 10.6. The Kier molecular flexibility index (Phi) is 5.71. The van der Waals surface area contributed by atoms with E-state index in [2.05, 4.69) is 20.6 Å². The number of ether oxygens (including phenoxy) is 1. The maximum absolute atomic E-state index is 14.6. The van der Waals surface area contributed by atoms with Gasteiger partial charge in [0.05, 0.1) is 30.1 Å². The van der Waals surface area contributed by atoms with Gasteiger partial charge in [-0.05, 0) is 44.6 Å². The van der Waals surface area contributed by atoms with Crippen LogP contribution in [0.2, 0.25) is 5.02 Å². The molecule has 2 aliphatic carbocycles. The van der Waals surface area contributed by atoms with Crippen LogP contribution in [0, 0.1) is 23.0 Å². The van der Waals surface area contributed by atoms with Gasteiger partial charge in [0.2, 0.25) is 17.8 Å². The number of nitrogens with one attached hydrogen (secondary N) is 2. The Hall–Kier alpha value is -3.05. The van der Waals surface area contributed by atoms with Crippen molar-refractivity contribution in [1.29, 1.82) is 0 Å². The molecular weight excluding hydrogens is 492 g/mol. The highest BCUT2D eigenvalue weighted by atomic mass is 35.5. The Balaban J connectivity index is 1.33. The minimum atomic E-state index is -0.830. The molecule has 1 aliphatic heterocycles. The maximum Gasteiger partial charge on any atom is 0.224 e. The molecule has 1 aromatic carbocycles. The molecule has 3 heterocycles. The molecule has 2 aromatic heterocycles. The SMILES string of the molecule is NC(=O)C1CCC(n2c(Nc3c(F)cc(F)cc3Cl)nc3cnc(NC4CC5(COC5)C4)nc32)CC1. The highest BCUT2D eigenvalue weighted by Crippen LogP contribution is 2.47. The number of aromatic nitrogens is 4. The average Bonchev–Trinajstić information content (AvgIpc) is 3.14. The van der Waals surface area contributed by atoms with Crippen LogP contribution in [0.15, 0.2) is 18.3 Å². The van der Waals surface area contributed by atoms with Crippen molar-refractivity contribution in [1.82, 2.24) is 19.5 Å². The Morgan fingerprint density at radius 3 is 2.56 bits per heavy atom. The van der Waals surface area contributed by atoms with E-state index in [-0.39, 0.29) is 34.6 Å². The first-order valence-electron chi connectivity index (χ1n) is 12.1. The summed E-state index contributed by atoms with van der Waals surface area (Å²) in [5.41, 5.74) is 6.86. The lowest BCUT2D eigenvalue weighted by atomic mass is 9.64. The third-order valence-corrected chi connectivity index (χ3v) is 7.95. The number of carbonyl (C=O) groups excluding carboxylic acids is 1. The molecule has 3 aromatic rings. The summed E-state index contributed by atoms with van der Waals surface area (Å²) in [6.07, 6.45) is 6.27. The average molecular weight is 518 g/mol. The van der Waals surface area contributed by atoms with Gasteiger partial charge in [-0.2, -0.15) is 4.98 Å². The summed E-state index contributed by atoms with van der Waals surface area (Å²) < 4.78 is 35.5. The summed E-state index contributed by atoms with van der Waals surface area (Å²) in [7, 11) is 0. The van der Waals surface area contributed by atoms with Gasteiger partial charge in [0.1, 0.15) is 11.3 Å². The van der Waals surface area contributed by atoms with Crippen LogP contribution in [0.4, 0.5) is 26.4 Å². The van der Waals surface area contributed by atoms with E-state index in [1.807, 2.05) is 4.57 Å². The van der Waals surface area contributed by atoms with Crippen molar-refractivity contribution in [2.24, 2.45) is 17.1 Å². The van der Waals surface area contributed by atoms with Crippen molar-refractivity contribution in [2.75, 3.05) is 23.8 Å². The smallest absolute Gasteiger partial charge is 0.224 e. The number of rotatable bonds is 6. The zero-order valence-electron chi connectivity index (χ0n) is 19.4. The van der Waals surface area contributed by atoms with Crippen LogP contribution < -0.4 is 16.4 Å². The predicted octanol–water partition coefficient (Wildman–Crippen LogP) is 4.31. The van der Waals surface area contributed by atoms with Crippen molar-refractivity contribution >= 4 is 46.3 Å². The molecule has 6 rings (SSSR count). The van der Waals surface area contributed by atoms with Crippen molar-refractivity contribution in [3.05, 3.63) is 35.0 Å². The first-order chi connectivity index (χ1) is 17.3. The van der Waals surface area contributed by atoms with Gasteiger partial charge in [-0.3, -0.25) is 9.36 Å². The molecule has 0 radical (unpaired) electrons. The quantitative estimate of drug-likeness (QED) is 0.445. The highest BCUT2D eigenvalue weighted by Gasteiger charge is 2.50. The van der Waals surface area contributed by atoms with Gasteiger partial charge in [0.25, 0.3) is 0 Å². The first-order valence-corrected chi connectivity index (χ1v) is 12.5. The number of benzene rings is 1. The van der Waals surface area contributed by atoms with Crippen LogP contribution in [-0.4, -0.2) is 44.7 Å². The number of halogens is 3. The van der Waals surface area contributed by atoms with E-state index in [1.165, 1.54) is 0 Å². The van der Waals surface area contributed by atoms with Gasteiger partial charge in [0.15, 0.2) is 11.5 Å². The predicted molar refractivity (Wildman–Crippen MR) is 130 cm³/mol. The van der Waals surface area contributed by atoms with Crippen LogP contribution in [0.25, 0.3) is 11.2 Å². The molecular formula is C24H26ClF2N7O2. The second kappa shape index (κ2) is 8.81. The van der Waals surface area contributed by atoms with Crippen molar-refractivity contribution in [2.45, 2.75) is 50.6 Å². The molecule has 36 heavy (non-hydrogen) atoms. The number of hydrogen-bond acceptors (Lipinski definition) is 7. The minimum Gasteiger partial charge on any atom is -0.380 e. The molecule has 9 nitrogen and oxygen atoms in total. The highest BCUT2D eigenvalue weighted by molar-refractivity contribution is 6.33. The first kappa shape index (κ1) is 23.4. The number of anilines is 3. The van der Waals surface area contributed by atoms with E-state index in [1.54, 1.807) is 6.20 Å². The number of nitrogens with two attached hydrogens (primary N) is 1. The van der Waals surface area contributed by atoms with Gasteiger partial charge in [0, 0.05) is 29.5 Å². The molecule has 12 heteroatoms. The van der Waals surface area contributed by atoms with Crippen LogP contribution in [0.5, 0.6) is 0 Å². The number of nitrogens with zero attached hydrogens (tertiary/aromatic N) is 4. The fraction of sp³-hybridized carbons (Fsp3) is 0.500. The Morgan fingerprint density at radius 1 is 1.17 bits per heavy atom. The third-order valence-electron chi connectivity index (χ3n) is 7.65. The molecule has 3 fully saturated rings. The van der Waals surface area contributed by atoms with Crippen LogP contribution in [0.1, 0.15) is 44.6 Å². The van der Waals surface area contributed by atoms with E-state index in [9.17, 15) is 13.6 Å². The van der Waals surface area contributed by atoms with E-state index in [4.69, 9.17) is 27.1 Å². The van der Waals surface area contributed by atoms with Gasteiger partial charge in [-0.25, -0.2) is 18.7 Å². The van der Waals surface area contributed by atoms with E-state index >= 15 is 0 Å². The van der Waals surface area contributed by atoms with Crippen LogP contribution >= 0.6 is 11.6 Å². The summed E-state index contributed by atoms with van der Waals surface area (Å²) in [5, 5.41) is 6.26. The monoisotopic (exact) mass is 517 g/mol. The molecule has 0 unspecified atom stereocenters. The Bertz CT molecular complexity index is 1310. The lowest BCUT2D eigenvalue weighted by molar-refractivity contribution is -0.160. The van der Waals surface area contributed by atoms with Gasteiger partial charge < -0.3 is 21.1 Å². The standard InChI is InChI=1S/C24H26ClF2N7O2/c25-16-5-13(26)6-17(27)19(16)32-23-31-18-9-29-22(30-14-7-24(8-14)10-36-11-24)33-21(18)34(23)15-3-1-12(2-4-15)20(28)35/h5-6,9,12,14-15H,1-4,7-8,10-11H2,(H2,28,35)(H,31,32)(H,29,30,33). The number of fused-ring (bicyclic) bond motifs is 1. The third kappa shape index (κ3) is 4.13. The molecule has 190 valence electrons. The van der Waals surface area contributed by atoms with Crippen molar-refractivity contribution < 1.29 is 18.3 Å². The topological polar surface area (TPSA) is 120 Å². The van der Waals surface area contributed by atoms with E-state index in [0.29, 0.717) is 54.2 Å². The summed E-state index contributed by atoms with van der Waals surface area (Å²) in [4.78, 5) is 25.5. The summed E-state index contributed by atoms with van der Waals surface area (Å²) >= 11 is 6.14.